The van der Waals surface area contributed by atoms with Crippen LogP contribution in [0.15, 0.2) is 12.3 Å². The Balaban J connectivity index is 2.08. The van der Waals surface area contributed by atoms with Crippen LogP contribution in [0.25, 0.3) is 0 Å². The molecule has 2 rings (SSSR count). The van der Waals surface area contributed by atoms with Gasteiger partial charge in [-0.05, 0) is 6.07 Å². The van der Waals surface area contributed by atoms with Crippen molar-refractivity contribution >= 4 is 23.4 Å². The summed E-state index contributed by atoms with van der Waals surface area (Å²) >= 11 is 5.81. The van der Waals surface area contributed by atoms with Crippen LogP contribution < -0.4 is 4.90 Å². The Morgan fingerprint density at radius 3 is 2.60 bits per heavy atom. The maximum Gasteiger partial charge on any atom is 0.417 e. The second-order valence-corrected chi connectivity index (χ2v) is 5.23. The molecule has 0 aromatic carbocycles. The normalized spacial score (nSPS) is 17.8. The molecule has 1 saturated heterocycles. The number of pyridine rings is 1. The molecule has 0 aliphatic carbocycles. The van der Waals surface area contributed by atoms with Crippen molar-refractivity contribution in [2.24, 2.45) is 11.8 Å². The Morgan fingerprint density at radius 2 is 2.15 bits per heavy atom. The molecule has 20 heavy (non-hydrogen) atoms. The number of aliphatic carboxylic acids is 1. The topological polar surface area (TPSA) is 53.4 Å². The van der Waals surface area contributed by atoms with E-state index in [2.05, 4.69) is 4.98 Å². The van der Waals surface area contributed by atoms with Crippen LogP contribution >= 0.6 is 11.6 Å². The van der Waals surface area contributed by atoms with Gasteiger partial charge >= 0.3 is 12.1 Å². The SMILES string of the molecule is CC(C(=O)O)C1CN(c2ncc(C(F)(F)F)cc2Cl)C1. The zero-order valence-electron chi connectivity index (χ0n) is 10.5. The maximum atomic E-state index is 12.5. The number of carboxylic acid groups (broad SMARTS) is 1. The van der Waals surface area contributed by atoms with Crippen LogP contribution in [-0.4, -0.2) is 29.1 Å². The Morgan fingerprint density at radius 1 is 1.55 bits per heavy atom. The molecule has 1 atom stereocenters. The van der Waals surface area contributed by atoms with Gasteiger partial charge in [0.25, 0.3) is 0 Å². The second kappa shape index (κ2) is 5.12. The summed E-state index contributed by atoms with van der Waals surface area (Å²) < 4.78 is 37.4. The summed E-state index contributed by atoms with van der Waals surface area (Å²) in [6.07, 6.45) is -3.75. The lowest BCUT2D eigenvalue weighted by molar-refractivity contribution is -0.143. The van der Waals surface area contributed by atoms with E-state index in [1.54, 1.807) is 11.8 Å². The number of hydrogen-bond acceptors (Lipinski definition) is 3. The van der Waals surface area contributed by atoms with Gasteiger partial charge in [-0.2, -0.15) is 13.2 Å². The van der Waals surface area contributed by atoms with E-state index in [0.717, 1.165) is 12.3 Å². The minimum Gasteiger partial charge on any atom is -0.481 e. The summed E-state index contributed by atoms with van der Waals surface area (Å²) in [6, 6.07) is 0.831. The molecule has 1 fully saturated rings. The molecule has 1 aromatic heterocycles. The smallest absolute Gasteiger partial charge is 0.417 e. The van der Waals surface area contributed by atoms with Gasteiger partial charge in [0.05, 0.1) is 16.5 Å². The Kier molecular flexibility index (Phi) is 3.82. The van der Waals surface area contributed by atoms with E-state index in [-0.39, 0.29) is 16.8 Å². The molecular weight excluding hydrogens is 297 g/mol. The Labute approximate surface area is 118 Å². The van der Waals surface area contributed by atoms with Gasteiger partial charge in [0.15, 0.2) is 0 Å². The fourth-order valence-corrected chi connectivity index (χ4v) is 2.31. The third-order valence-electron chi connectivity index (χ3n) is 3.46. The predicted octanol–water partition coefficient (Wildman–Crippen LogP) is 2.91. The lowest BCUT2D eigenvalue weighted by atomic mass is 9.87. The minimum absolute atomic E-state index is 0.0485. The van der Waals surface area contributed by atoms with Crippen molar-refractivity contribution in [1.29, 1.82) is 0 Å². The van der Waals surface area contributed by atoms with Crippen molar-refractivity contribution in [1.82, 2.24) is 4.98 Å². The zero-order chi connectivity index (χ0) is 15.1. The van der Waals surface area contributed by atoms with Gasteiger partial charge in [0.2, 0.25) is 0 Å². The first-order chi connectivity index (χ1) is 9.20. The van der Waals surface area contributed by atoms with Crippen LogP contribution in [0.3, 0.4) is 0 Å². The first kappa shape index (κ1) is 14.9. The van der Waals surface area contributed by atoms with Crippen molar-refractivity contribution in [2.45, 2.75) is 13.1 Å². The first-order valence-corrected chi connectivity index (χ1v) is 6.28. The van der Waals surface area contributed by atoms with Gasteiger partial charge < -0.3 is 10.0 Å². The summed E-state index contributed by atoms with van der Waals surface area (Å²) in [4.78, 5) is 16.2. The fraction of sp³-hybridized carbons (Fsp3) is 0.500. The van der Waals surface area contributed by atoms with E-state index in [1.807, 2.05) is 0 Å². The molecule has 0 amide bonds. The number of aromatic nitrogens is 1. The van der Waals surface area contributed by atoms with Crippen LogP contribution in [-0.2, 0) is 11.0 Å². The molecule has 0 spiro atoms. The van der Waals surface area contributed by atoms with Crippen LogP contribution in [0.2, 0.25) is 5.02 Å². The number of alkyl halides is 3. The average molecular weight is 309 g/mol. The van der Waals surface area contributed by atoms with Crippen molar-refractivity contribution < 1.29 is 23.1 Å². The third kappa shape index (κ3) is 2.82. The first-order valence-electron chi connectivity index (χ1n) is 5.90. The van der Waals surface area contributed by atoms with Crippen LogP contribution in [0.1, 0.15) is 12.5 Å². The summed E-state index contributed by atoms with van der Waals surface area (Å²) in [5.41, 5.74) is -0.901. The molecule has 4 nitrogen and oxygen atoms in total. The lowest BCUT2D eigenvalue weighted by Gasteiger charge is -2.42. The molecular formula is C12H12ClF3N2O2. The minimum atomic E-state index is -4.48. The van der Waals surface area contributed by atoms with E-state index in [9.17, 15) is 18.0 Å². The molecule has 2 heterocycles. The molecule has 0 bridgehead atoms. The molecule has 1 N–H and O–H groups in total. The maximum absolute atomic E-state index is 12.5. The molecule has 1 unspecified atom stereocenters. The van der Waals surface area contributed by atoms with E-state index in [0.29, 0.717) is 13.1 Å². The van der Waals surface area contributed by atoms with Crippen LogP contribution in [0.5, 0.6) is 0 Å². The quantitative estimate of drug-likeness (QED) is 0.933. The van der Waals surface area contributed by atoms with Gasteiger partial charge in [-0.25, -0.2) is 4.98 Å². The summed E-state index contributed by atoms with van der Waals surface area (Å²) in [5.74, 6) is -1.18. The zero-order valence-corrected chi connectivity index (χ0v) is 11.2. The predicted molar refractivity (Wildman–Crippen MR) is 66.8 cm³/mol. The van der Waals surface area contributed by atoms with E-state index in [1.165, 1.54) is 0 Å². The van der Waals surface area contributed by atoms with Gasteiger partial charge in [0, 0.05) is 25.2 Å². The van der Waals surface area contributed by atoms with E-state index >= 15 is 0 Å². The Hall–Kier alpha value is -1.50. The summed E-state index contributed by atoms with van der Waals surface area (Å²) in [7, 11) is 0. The van der Waals surface area contributed by atoms with Crippen molar-refractivity contribution in [3.8, 4) is 0 Å². The molecule has 8 heteroatoms. The van der Waals surface area contributed by atoms with Gasteiger partial charge in [-0.1, -0.05) is 18.5 Å². The molecule has 1 aliphatic heterocycles. The number of hydrogen-bond donors (Lipinski definition) is 1. The highest BCUT2D eigenvalue weighted by molar-refractivity contribution is 6.33. The standard InChI is InChI=1S/C12H12ClF3N2O2/c1-6(11(19)20)7-4-18(5-7)10-9(13)2-8(3-17-10)12(14,15)16/h2-3,6-7H,4-5H2,1H3,(H,19,20). The van der Waals surface area contributed by atoms with Crippen LogP contribution in [0, 0.1) is 11.8 Å². The highest BCUT2D eigenvalue weighted by Crippen LogP contribution is 2.36. The lowest BCUT2D eigenvalue weighted by Crippen LogP contribution is -2.51. The van der Waals surface area contributed by atoms with Gasteiger partial charge in [-0.3, -0.25) is 4.79 Å². The van der Waals surface area contributed by atoms with Gasteiger partial charge in [0.1, 0.15) is 5.82 Å². The van der Waals surface area contributed by atoms with Crippen LogP contribution in [0.4, 0.5) is 19.0 Å². The summed E-state index contributed by atoms with van der Waals surface area (Å²) in [6.45, 7) is 2.45. The number of nitrogens with zero attached hydrogens (tertiary/aromatic N) is 2. The molecule has 110 valence electrons. The largest absolute Gasteiger partial charge is 0.481 e. The molecule has 1 aromatic rings. The number of carboxylic acids is 1. The average Bonchev–Trinajstić information content (AvgIpc) is 2.27. The molecule has 1 aliphatic rings. The van der Waals surface area contributed by atoms with Crippen molar-refractivity contribution in [2.75, 3.05) is 18.0 Å². The second-order valence-electron chi connectivity index (χ2n) is 4.82. The monoisotopic (exact) mass is 308 g/mol. The highest BCUT2D eigenvalue weighted by atomic mass is 35.5. The van der Waals surface area contributed by atoms with Crippen molar-refractivity contribution in [3.05, 3.63) is 22.8 Å². The highest BCUT2D eigenvalue weighted by Gasteiger charge is 2.37. The van der Waals surface area contributed by atoms with Crippen molar-refractivity contribution in [3.63, 3.8) is 0 Å². The summed E-state index contributed by atoms with van der Waals surface area (Å²) in [5, 5.41) is 8.79. The Bertz CT molecular complexity index is 530. The van der Waals surface area contributed by atoms with Gasteiger partial charge in [-0.15, -0.1) is 0 Å². The number of anilines is 1. The number of halogens is 4. The number of carbonyl (C=O) groups is 1. The fourth-order valence-electron chi connectivity index (χ4n) is 2.02. The third-order valence-corrected chi connectivity index (χ3v) is 3.73. The van der Waals surface area contributed by atoms with E-state index in [4.69, 9.17) is 16.7 Å². The number of rotatable bonds is 3. The van der Waals surface area contributed by atoms with E-state index < -0.39 is 23.6 Å². The molecule has 0 saturated carbocycles. The molecule has 0 radical (unpaired) electrons.